The Balaban J connectivity index is 1.25. The molecule has 1 saturated heterocycles. The number of piperidine rings is 1. The summed E-state index contributed by atoms with van der Waals surface area (Å²) in [5, 5.41) is 3.24. The molecule has 6 heteroatoms. The number of rotatable bonds is 4. The van der Waals surface area contributed by atoms with Gasteiger partial charge in [0.25, 0.3) is 5.56 Å². The molecule has 0 saturated carbocycles. The van der Waals surface area contributed by atoms with Crippen molar-refractivity contribution >= 4 is 27.2 Å². The molecule has 0 unspecified atom stereocenters. The summed E-state index contributed by atoms with van der Waals surface area (Å²) >= 11 is 1.51. The number of aromatic nitrogens is 3. The summed E-state index contributed by atoms with van der Waals surface area (Å²) in [6.45, 7) is 5.03. The minimum absolute atomic E-state index is 0.0949. The molecule has 28 heavy (non-hydrogen) atoms. The largest absolute Gasteiger partial charge is 0.344 e. The summed E-state index contributed by atoms with van der Waals surface area (Å²) in [7, 11) is 0. The Morgan fingerprint density at radius 2 is 1.96 bits per heavy atom. The Hall–Kier alpha value is -2.44. The average Bonchev–Trinajstić information content (AvgIpc) is 3.35. The van der Waals surface area contributed by atoms with E-state index in [0.717, 1.165) is 55.1 Å². The van der Waals surface area contributed by atoms with E-state index in [1.807, 2.05) is 18.5 Å². The number of para-hydroxylation sites is 1. The lowest BCUT2D eigenvalue weighted by Gasteiger charge is -2.33. The van der Waals surface area contributed by atoms with Crippen LogP contribution in [0.3, 0.4) is 0 Å². The number of benzene rings is 1. The quantitative estimate of drug-likeness (QED) is 0.529. The lowest BCUT2D eigenvalue weighted by molar-refractivity contribution is 0.190. The van der Waals surface area contributed by atoms with E-state index in [-0.39, 0.29) is 5.56 Å². The molecule has 3 aromatic heterocycles. The number of aryl methyl sites for hydroxylation is 1. The van der Waals surface area contributed by atoms with Gasteiger partial charge in [-0.05, 0) is 43.7 Å². The van der Waals surface area contributed by atoms with Crippen molar-refractivity contribution in [2.24, 2.45) is 0 Å². The fourth-order valence-electron chi connectivity index (χ4n) is 4.42. The van der Waals surface area contributed by atoms with Crippen molar-refractivity contribution in [3.8, 4) is 0 Å². The zero-order valence-electron chi connectivity index (χ0n) is 16.0. The predicted octanol–water partition coefficient (Wildman–Crippen LogP) is 3.90. The Morgan fingerprint density at radius 1 is 1.14 bits per heavy atom. The molecule has 4 aromatic rings. The number of likely N-dealkylation sites (tertiary alicyclic amines) is 1. The molecule has 5 rings (SSSR count). The number of hydrogen-bond donors (Lipinski definition) is 0. The minimum Gasteiger partial charge on any atom is -0.344 e. The van der Waals surface area contributed by atoms with Crippen LogP contribution in [-0.4, -0.2) is 38.5 Å². The van der Waals surface area contributed by atoms with Crippen LogP contribution < -0.4 is 5.56 Å². The second-order valence-corrected chi connectivity index (χ2v) is 8.51. The molecule has 0 N–H and O–H groups in total. The third-order valence-corrected chi connectivity index (χ3v) is 6.78. The maximum atomic E-state index is 12.7. The maximum Gasteiger partial charge on any atom is 0.261 e. The van der Waals surface area contributed by atoms with Gasteiger partial charge < -0.3 is 9.47 Å². The van der Waals surface area contributed by atoms with Crippen molar-refractivity contribution in [3.05, 3.63) is 69.7 Å². The predicted molar refractivity (Wildman–Crippen MR) is 114 cm³/mol. The van der Waals surface area contributed by atoms with Gasteiger partial charge in [-0.2, -0.15) is 0 Å². The number of fused-ring (bicyclic) bond motifs is 2. The van der Waals surface area contributed by atoms with Crippen molar-refractivity contribution in [2.75, 3.05) is 19.6 Å². The molecule has 5 nitrogen and oxygen atoms in total. The van der Waals surface area contributed by atoms with Crippen LogP contribution in [0.5, 0.6) is 0 Å². The Labute approximate surface area is 167 Å². The highest BCUT2D eigenvalue weighted by molar-refractivity contribution is 7.15. The summed E-state index contributed by atoms with van der Waals surface area (Å²) < 4.78 is 4.12. The molecule has 1 aromatic carbocycles. The van der Waals surface area contributed by atoms with Crippen LogP contribution >= 0.6 is 11.3 Å². The van der Waals surface area contributed by atoms with Crippen LogP contribution in [-0.2, 0) is 6.42 Å². The first-order valence-corrected chi connectivity index (χ1v) is 10.8. The zero-order valence-corrected chi connectivity index (χ0v) is 16.9. The Kier molecular flexibility index (Phi) is 4.53. The second-order valence-electron chi connectivity index (χ2n) is 7.64. The molecule has 0 radical (unpaired) electrons. The highest BCUT2D eigenvalue weighted by Crippen LogP contribution is 2.27. The van der Waals surface area contributed by atoms with Gasteiger partial charge in [-0.1, -0.05) is 18.2 Å². The van der Waals surface area contributed by atoms with Crippen molar-refractivity contribution in [3.63, 3.8) is 0 Å². The van der Waals surface area contributed by atoms with Gasteiger partial charge >= 0.3 is 0 Å². The van der Waals surface area contributed by atoms with E-state index in [9.17, 15) is 4.79 Å². The molecule has 1 aliphatic heterocycles. The molecule has 0 aliphatic carbocycles. The molecule has 0 amide bonds. The van der Waals surface area contributed by atoms with E-state index in [1.54, 1.807) is 4.40 Å². The third kappa shape index (κ3) is 3.06. The summed E-state index contributed by atoms with van der Waals surface area (Å²) in [4.78, 5) is 20.6. The SMILES string of the molecule is Cc1nc2sccn2c(=O)c1CCN1CCC(n2ccc3ccccc32)CC1. The Bertz CT molecular complexity index is 1180. The van der Waals surface area contributed by atoms with E-state index < -0.39 is 0 Å². The van der Waals surface area contributed by atoms with Gasteiger partial charge in [-0.3, -0.25) is 9.20 Å². The average molecular weight is 393 g/mol. The second kappa shape index (κ2) is 7.18. The van der Waals surface area contributed by atoms with Crippen molar-refractivity contribution in [1.29, 1.82) is 0 Å². The van der Waals surface area contributed by atoms with Gasteiger partial charge in [0.2, 0.25) is 0 Å². The molecule has 4 heterocycles. The van der Waals surface area contributed by atoms with Crippen LogP contribution in [0.15, 0.2) is 52.9 Å². The summed E-state index contributed by atoms with van der Waals surface area (Å²) in [6.07, 6.45) is 7.13. The lowest BCUT2D eigenvalue weighted by atomic mass is 10.0. The fraction of sp³-hybridized carbons (Fsp3) is 0.364. The van der Waals surface area contributed by atoms with Gasteiger partial charge in [-0.25, -0.2) is 4.98 Å². The minimum atomic E-state index is 0.0949. The van der Waals surface area contributed by atoms with Crippen LogP contribution in [0.25, 0.3) is 15.9 Å². The van der Waals surface area contributed by atoms with E-state index in [1.165, 1.54) is 22.2 Å². The smallest absolute Gasteiger partial charge is 0.261 e. The highest BCUT2D eigenvalue weighted by atomic mass is 32.1. The number of nitrogens with zero attached hydrogens (tertiary/aromatic N) is 4. The topological polar surface area (TPSA) is 42.5 Å². The normalized spacial score (nSPS) is 16.3. The monoisotopic (exact) mass is 392 g/mol. The molecular weight excluding hydrogens is 368 g/mol. The number of thiazole rings is 1. The van der Waals surface area contributed by atoms with E-state index in [4.69, 9.17) is 0 Å². The summed E-state index contributed by atoms with van der Waals surface area (Å²) in [5.41, 5.74) is 3.16. The van der Waals surface area contributed by atoms with Crippen LogP contribution in [0, 0.1) is 6.92 Å². The molecule has 1 fully saturated rings. The molecular formula is C22H24N4OS. The number of hydrogen-bond acceptors (Lipinski definition) is 4. The van der Waals surface area contributed by atoms with Crippen molar-refractivity contribution in [1.82, 2.24) is 18.9 Å². The molecule has 0 bridgehead atoms. The summed E-state index contributed by atoms with van der Waals surface area (Å²) in [5.74, 6) is 0. The maximum absolute atomic E-state index is 12.7. The molecule has 1 aliphatic rings. The van der Waals surface area contributed by atoms with Crippen LogP contribution in [0.4, 0.5) is 0 Å². The van der Waals surface area contributed by atoms with E-state index in [0.29, 0.717) is 6.04 Å². The fourth-order valence-corrected chi connectivity index (χ4v) is 5.17. The third-order valence-electron chi connectivity index (χ3n) is 6.02. The molecule has 144 valence electrons. The zero-order chi connectivity index (χ0) is 19.1. The first kappa shape index (κ1) is 17.6. The van der Waals surface area contributed by atoms with Gasteiger partial charge in [0.15, 0.2) is 4.96 Å². The lowest BCUT2D eigenvalue weighted by Crippen LogP contribution is -2.36. The van der Waals surface area contributed by atoms with E-state index >= 15 is 0 Å². The first-order chi connectivity index (χ1) is 13.7. The molecule has 0 spiro atoms. The van der Waals surface area contributed by atoms with Crippen molar-refractivity contribution in [2.45, 2.75) is 32.2 Å². The van der Waals surface area contributed by atoms with Gasteiger partial charge in [-0.15, -0.1) is 11.3 Å². The molecule has 0 atom stereocenters. The van der Waals surface area contributed by atoms with Crippen molar-refractivity contribution < 1.29 is 0 Å². The van der Waals surface area contributed by atoms with Crippen LogP contribution in [0.1, 0.15) is 30.1 Å². The Morgan fingerprint density at radius 3 is 2.82 bits per heavy atom. The first-order valence-electron chi connectivity index (χ1n) is 9.94. The van der Waals surface area contributed by atoms with Gasteiger partial charge in [0, 0.05) is 60.2 Å². The van der Waals surface area contributed by atoms with Gasteiger partial charge in [0.05, 0.1) is 0 Å². The summed E-state index contributed by atoms with van der Waals surface area (Å²) in [6, 6.07) is 11.4. The van der Waals surface area contributed by atoms with Crippen LogP contribution in [0.2, 0.25) is 0 Å². The standard InChI is InChI=1S/C22H24N4OS/c1-16-19(21(27)26-14-15-28-22(26)23-16)9-12-24-10-7-18(8-11-24)25-13-6-17-4-2-3-5-20(17)25/h2-6,13-15,18H,7-12H2,1H3. The highest BCUT2D eigenvalue weighted by Gasteiger charge is 2.22. The van der Waals surface area contributed by atoms with Gasteiger partial charge in [0.1, 0.15) is 0 Å². The van der Waals surface area contributed by atoms with E-state index in [2.05, 4.69) is 51.0 Å².